The van der Waals surface area contributed by atoms with E-state index >= 15 is 0 Å². The van der Waals surface area contributed by atoms with Crippen LogP contribution in [0.25, 0.3) is 0 Å². The highest BCUT2D eigenvalue weighted by molar-refractivity contribution is 5.91. The van der Waals surface area contributed by atoms with E-state index in [-0.39, 0.29) is 12.5 Å². The number of hydrogen-bond donors (Lipinski definition) is 1. The predicted molar refractivity (Wildman–Crippen MR) is 97.7 cm³/mol. The van der Waals surface area contributed by atoms with Gasteiger partial charge in [-0.25, -0.2) is 4.79 Å². The number of hydrogen-bond acceptors (Lipinski definition) is 5. The molecule has 0 saturated carbocycles. The van der Waals surface area contributed by atoms with Crippen molar-refractivity contribution in [3.05, 3.63) is 59.2 Å². The molecule has 0 saturated heterocycles. The molecular formula is C20H23NO5. The first-order chi connectivity index (χ1) is 12.5. The van der Waals surface area contributed by atoms with E-state index in [9.17, 15) is 9.59 Å². The third-order valence-electron chi connectivity index (χ3n) is 3.89. The number of amides is 1. The van der Waals surface area contributed by atoms with E-state index < -0.39 is 5.97 Å². The molecule has 0 aromatic heterocycles. The number of carbonyl (C=O) groups excluding carboxylic acids is 2. The lowest BCUT2D eigenvalue weighted by Crippen LogP contribution is -2.30. The zero-order valence-electron chi connectivity index (χ0n) is 15.2. The number of nitrogens with one attached hydrogen (secondary N) is 1. The molecule has 26 heavy (non-hydrogen) atoms. The standard InChI is InChI=1S/C20H23NO5/c1-14-8-9-16(12-18(14)25-3)20(23)26-13-19(22)21-11-10-15-6-4-5-7-17(15)24-2/h4-9,12H,10-11,13H2,1-3H3,(H,21,22). The molecular weight excluding hydrogens is 334 g/mol. The van der Waals surface area contributed by atoms with Crippen LogP contribution in [0.15, 0.2) is 42.5 Å². The Morgan fingerprint density at radius 2 is 1.73 bits per heavy atom. The summed E-state index contributed by atoms with van der Waals surface area (Å²) < 4.78 is 15.5. The van der Waals surface area contributed by atoms with Gasteiger partial charge in [-0.2, -0.15) is 0 Å². The number of ether oxygens (including phenoxy) is 3. The summed E-state index contributed by atoms with van der Waals surface area (Å²) >= 11 is 0. The van der Waals surface area contributed by atoms with Crippen molar-refractivity contribution in [1.29, 1.82) is 0 Å². The maximum atomic E-state index is 12.0. The first-order valence-electron chi connectivity index (χ1n) is 8.25. The van der Waals surface area contributed by atoms with Crippen LogP contribution in [0.2, 0.25) is 0 Å². The van der Waals surface area contributed by atoms with Gasteiger partial charge in [0, 0.05) is 6.54 Å². The quantitative estimate of drug-likeness (QED) is 0.735. The van der Waals surface area contributed by atoms with E-state index in [0.29, 0.717) is 24.3 Å². The fourth-order valence-electron chi connectivity index (χ4n) is 2.46. The van der Waals surface area contributed by atoms with Gasteiger partial charge >= 0.3 is 5.97 Å². The van der Waals surface area contributed by atoms with Crippen LogP contribution in [-0.4, -0.2) is 39.2 Å². The number of carbonyl (C=O) groups is 2. The summed E-state index contributed by atoms with van der Waals surface area (Å²) in [6, 6.07) is 12.6. The Morgan fingerprint density at radius 3 is 2.46 bits per heavy atom. The zero-order valence-corrected chi connectivity index (χ0v) is 15.2. The number of rotatable bonds is 8. The Hall–Kier alpha value is -3.02. The number of para-hydroxylation sites is 1. The van der Waals surface area contributed by atoms with E-state index in [0.717, 1.165) is 16.9 Å². The Labute approximate surface area is 153 Å². The van der Waals surface area contributed by atoms with Gasteiger partial charge in [0.25, 0.3) is 5.91 Å². The summed E-state index contributed by atoms with van der Waals surface area (Å²) in [7, 11) is 3.14. The second-order valence-electron chi connectivity index (χ2n) is 5.67. The monoisotopic (exact) mass is 357 g/mol. The lowest BCUT2D eigenvalue weighted by molar-refractivity contribution is -0.124. The molecule has 0 unspecified atom stereocenters. The van der Waals surface area contributed by atoms with Crippen molar-refractivity contribution >= 4 is 11.9 Å². The van der Waals surface area contributed by atoms with Crippen molar-refractivity contribution in [3.8, 4) is 11.5 Å². The van der Waals surface area contributed by atoms with Gasteiger partial charge < -0.3 is 19.5 Å². The Bertz CT molecular complexity index is 773. The Morgan fingerprint density at radius 1 is 1.00 bits per heavy atom. The van der Waals surface area contributed by atoms with Gasteiger partial charge in [-0.05, 0) is 42.7 Å². The summed E-state index contributed by atoms with van der Waals surface area (Å²) in [6.45, 7) is 1.97. The van der Waals surface area contributed by atoms with Crippen molar-refractivity contribution in [2.75, 3.05) is 27.4 Å². The molecule has 0 atom stereocenters. The van der Waals surface area contributed by atoms with Crippen molar-refractivity contribution in [2.45, 2.75) is 13.3 Å². The lowest BCUT2D eigenvalue weighted by Gasteiger charge is -2.10. The van der Waals surface area contributed by atoms with E-state index in [2.05, 4.69) is 5.32 Å². The average Bonchev–Trinajstić information content (AvgIpc) is 2.66. The van der Waals surface area contributed by atoms with Crippen LogP contribution in [0, 0.1) is 6.92 Å². The van der Waals surface area contributed by atoms with Gasteiger partial charge in [0.2, 0.25) is 0 Å². The van der Waals surface area contributed by atoms with Crippen LogP contribution in [0.4, 0.5) is 0 Å². The van der Waals surface area contributed by atoms with Crippen LogP contribution >= 0.6 is 0 Å². The average molecular weight is 357 g/mol. The molecule has 1 amide bonds. The lowest BCUT2D eigenvalue weighted by atomic mass is 10.1. The number of methoxy groups -OCH3 is 2. The molecule has 0 spiro atoms. The summed E-state index contributed by atoms with van der Waals surface area (Å²) in [6.07, 6.45) is 0.624. The first kappa shape index (κ1) is 19.3. The van der Waals surface area contributed by atoms with Crippen LogP contribution in [0.1, 0.15) is 21.5 Å². The van der Waals surface area contributed by atoms with Crippen LogP contribution in [0.5, 0.6) is 11.5 Å². The van der Waals surface area contributed by atoms with Gasteiger partial charge in [0.1, 0.15) is 11.5 Å². The molecule has 0 aliphatic rings. The fraction of sp³-hybridized carbons (Fsp3) is 0.300. The second kappa shape index (κ2) is 9.46. The summed E-state index contributed by atoms with van der Waals surface area (Å²) in [5.41, 5.74) is 2.26. The smallest absolute Gasteiger partial charge is 0.338 e. The van der Waals surface area contributed by atoms with E-state index in [1.807, 2.05) is 31.2 Å². The second-order valence-corrected chi connectivity index (χ2v) is 5.67. The first-order valence-corrected chi connectivity index (χ1v) is 8.25. The molecule has 0 heterocycles. The number of esters is 1. The molecule has 2 rings (SSSR count). The zero-order chi connectivity index (χ0) is 18.9. The highest BCUT2D eigenvalue weighted by Gasteiger charge is 2.12. The molecule has 6 heteroatoms. The summed E-state index contributed by atoms with van der Waals surface area (Å²) in [5, 5.41) is 2.72. The molecule has 0 fully saturated rings. The molecule has 0 bridgehead atoms. The third-order valence-corrected chi connectivity index (χ3v) is 3.89. The maximum Gasteiger partial charge on any atom is 0.338 e. The molecule has 1 N–H and O–H groups in total. The van der Waals surface area contributed by atoms with Crippen LogP contribution < -0.4 is 14.8 Å². The largest absolute Gasteiger partial charge is 0.496 e. The fourth-order valence-corrected chi connectivity index (χ4v) is 2.46. The van der Waals surface area contributed by atoms with E-state index in [4.69, 9.17) is 14.2 Å². The normalized spacial score (nSPS) is 10.1. The molecule has 0 radical (unpaired) electrons. The number of benzene rings is 2. The van der Waals surface area contributed by atoms with Crippen LogP contribution in [0.3, 0.4) is 0 Å². The minimum Gasteiger partial charge on any atom is -0.496 e. The maximum absolute atomic E-state index is 12.0. The SMILES string of the molecule is COc1cc(C(=O)OCC(=O)NCCc2ccccc2OC)ccc1C. The van der Waals surface area contributed by atoms with Crippen molar-refractivity contribution < 1.29 is 23.8 Å². The summed E-state index contributed by atoms with van der Waals surface area (Å²) in [5.74, 6) is 0.456. The van der Waals surface area contributed by atoms with Crippen molar-refractivity contribution in [2.24, 2.45) is 0 Å². The van der Waals surface area contributed by atoms with E-state index in [1.165, 1.54) is 7.11 Å². The molecule has 6 nitrogen and oxygen atoms in total. The Balaban J connectivity index is 1.78. The van der Waals surface area contributed by atoms with Gasteiger partial charge in [-0.3, -0.25) is 4.79 Å². The molecule has 2 aromatic carbocycles. The Kier molecular flexibility index (Phi) is 7.02. The number of aryl methyl sites for hydroxylation is 1. The summed E-state index contributed by atoms with van der Waals surface area (Å²) in [4.78, 5) is 23.9. The van der Waals surface area contributed by atoms with Gasteiger partial charge in [-0.1, -0.05) is 24.3 Å². The third kappa shape index (κ3) is 5.24. The van der Waals surface area contributed by atoms with E-state index in [1.54, 1.807) is 25.3 Å². The molecule has 0 aliphatic heterocycles. The van der Waals surface area contributed by atoms with Gasteiger partial charge in [0.05, 0.1) is 19.8 Å². The molecule has 0 aliphatic carbocycles. The minimum absolute atomic E-state index is 0.332. The minimum atomic E-state index is -0.567. The highest BCUT2D eigenvalue weighted by atomic mass is 16.5. The van der Waals surface area contributed by atoms with Gasteiger partial charge in [0.15, 0.2) is 6.61 Å². The van der Waals surface area contributed by atoms with Crippen LogP contribution in [-0.2, 0) is 16.0 Å². The molecule has 2 aromatic rings. The topological polar surface area (TPSA) is 73.9 Å². The van der Waals surface area contributed by atoms with Crippen molar-refractivity contribution in [3.63, 3.8) is 0 Å². The van der Waals surface area contributed by atoms with Crippen molar-refractivity contribution in [1.82, 2.24) is 5.32 Å². The van der Waals surface area contributed by atoms with Gasteiger partial charge in [-0.15, -0.1) is 0 Å². The predicted octanol–water partition coefficient (Wildman–Crippen LogP) is 2.53. The molecule has 138 valence electrons. The highest BCUT2D eigenvalue weighted by Crippen LogP contribution is 2.19.